The summed E-state index contributed by atoms with van der Waals surface area (Å²) in [6, 6.07) is 9.82. The molecule has 0 bridgehead atoms. The van der Waals surface area contributed by atoms with Crippen molar-refractivity contribution in [1.82, 2.24) is 0 Å². The first-order valence-electron chi connectivity index (χ1n) is 5.67. The fourth-order valence-corrected chi connectivity index (χ4v) is 3.45. The fourth-order valence-electron chi connectivity index (χ4n) is 1.60. The number of hydrogen-bond acceptors (Lipinski definition) is 3. The number of cyclic esters (lactones) is 1. The first kappa shape index (κ1) is 13.1. The van der Waals surface area contributed by atoms with Gasteiger partial charge in [-0.05, 0) is 0 Å². The number of allylic oxidation sites excluding steroid dienone is 1. The van der Waals surface area contributed by atoms with E-state index in [4.69, 9.17) is 4.74 Å². The second-order valence-electron chi connectivity index (χ2n) is 3.83. The van der Waals surface area contributed by atoms with Crippen LogP contribution in [0.25, 0.3) is 0 Å². The quantitative estimate of drug-likeness (QED) is 0.507. The molecule has 0 fully saturated rings. The molecule has 0 radical (unpaired) electrons. The molecule has 3 nitrogen and oxygen atoms in total. The van der Waals surface area contributed by atoms with Crippen molar-refractivity contribution in [2.45, 2.75) is 19.1 Å². The van der Waals surface area contributed by atoms with Gasteiger partial charge in [0.25, 0.3) is 0 Å². The third kappa shape index (κ3) is 3.10. The number of aliphatic hydroxyl groups excluding tert-OH is 1. The van der Waals surface area contributed by atoms with Crippen LogP contribution in [-0.2, 0) is 9.53 Å². The molecule has 0 saturated carbocycles. The maximum atomic E-state index is 11.7. The van der Waals surface area contributed by atoms with E-state index in [0.717, 1.165) is 4.46 Å². The zero-order valence-electron chi connectivity index (χ0n) is 9.95. The second kappa shape index (κ2) is 6.00. The third-order valence-corrected chi connectivity index (χ3v) is 4.62. The van der Waals surface area contributed by atoms with E-state index in [0.29, 0.717) is 4.47 Å². The normalized spacial score (nSPS) is 20.9. The standard InChI is InChI=1S/C14H14O3Se/c1-2-6-11(15)12-9-13(14(16)17-12)18-10-7-4-3-5-8-10/h2-9,11-12,15H,1H3/b6-2+/t11-,12-/m1/s1. The van der Waals surface area contributed by atoms with Crippen LogP contribution in [0, 0.1) is 0 Å². The minimum atomic E-state index is -0.761. The van der Waals surface area contributed by atoms with Gasteiger partial charge in [-0.15, -0.1) is 0 Å². The monoisotopic (exact) mass is 310 g/mol. The Hall–Kier alpha value is -1.35. The van der Waals surface area contributed by atoms with Gasteiger partial charge in [0.05, 0.1) is 0 Å². The molecule has 0 amide bonds. The Morgan fingerprint density at radius 3 is 2.78 bits per heavy atom. The number of ether oxygens (including phenoxy) is 1. The molecule has 18 heavy (non-hydrogen) atoms. The predicted molar refractivity (Wildman–Crippen MR) is 70.6 cm³/mol. The van der Waals surface area contributed by atoms with Crippen LogP contribution in [-0.4, -0.2) is 38.2 Å². The van der Waals surface area contributed by atoms with E-state index in [9.17, 15) is 9.90 Å². The zero-order chi connectivity index (χ0) is 13.0. The molecule has 1 aromatic rings. The Morgan fingerprint density at radius 1 is 1.39 bits per heavy atom. The topological polar surface area (TPSA) is 46.5 Å². The maximum absolute atomic E-state index is 11.7. The van der Waals surface area contributed by atoms with Crippen molar-refractivity contribution in [2.24, 2.45) is 0 Å². The summed E-state index contributed by atoms with van der Waals surface area (Å²) in [4.78, 5) is 11.7. The molecule has 0 aromatic heterocycles. The first-order valence-corrected chi connectivity index (χ1v) is 7.38. The summed E-state index contributed by atoms with van der Waals surface area (Å²) < 4.78 is 6.93. The molecule has 0 aliphatic carbocycles. The molecule has 4 heteroatoms. The first-order chi connectivity index (χ1) is 8.70. The number of benzene rings is 1. The van der Waals surface area contributed by atoms with Crippen LogP contribution in [0.2, 0.25) is 0 Å². The molecular weight excluding hydrogens is 295 g/mol. The van der Waals surface area contributed by atoms with Crippen molar-refractivity contribution < 1.29 is 14.6 Å². The molecule has 1 heterocycles. The molecule has 1 aromatic carbocycles. The van der Waals surface area contributed by atoms with Crippen LogP contribution in [0.5, 0.6) is 0 Å². The Kier molecular flexibility index (Phi) is 4.37. The Balaban J connectivity index is 2.09. The molecule has 94 valence electrons. The number of carbonyl (C=O) groups is 1. The van der Waals surface area contributed by atoms with Gasteiger partial charge in [0.1, 0.15) is 0 Å². The van der Waals surface area contributed by atoms with E-state index >= 15 is 0 Å². The molecular formula is C14H14O3Se. The molecule has 0 unspecified atom stereocenters. The van der Waals surface area contributed by atoms with Crippen LogP contribution in [0.3, 0.4) is 0 Å². The van der Waals surface area contributed by atoms with Gasteiger partial charge in [-0.2, -0.15) is 0 Å². The van der Waals surface area contributed by atoms with Gasteiger partial charge in [0, 0.05) is 0 Å². The van der Waals surface area contributed by atoms with Gasteiger partial charge < -0.3 is 0 Å². The van der Waals surface area contributed by atoms with Gasteiger partial charge in [0.2, 0.25) is 0 Å². The zero-order valence-corrected chi connectivity index (χ0v) is 11.7. The molecule has 0 spiro atoms. The van der Waals surface area contributed by atoms with E-state index in [1.54, 1.807) is 18.2 Å². The molecule has 1 aliphatic heterocycles. The Morgan fingerprint density at radius 2 is 2.11 bits per heavy atom. The molecule has 2 rings (SSSR count). The van der Waals surface area contributed by atoms with Gasteiger partial charge in [-0.1, -0.05) is 0 Å². The summed E-state index contributed by atoms with van der Waals surface area (Å²) in [6.45, 7) is 1.82. The van der Waals surface area contributed by atoms with E-state index in [2.05, 4.69) is 0 Å². The predicted octanol–water partition coefficient (Wildman–Crippen LogP) is 0.762. The summed E-state index contributed by atoms with van der Waals surface area (Å²) in [7, 11) is 0. The van der Waals surface area contributed by atoms with Crippen LogP contribution in [0.4, 0.5) is 0 Å². The van der Waals surface area contributed by atoms with Gasteiger partial charge >= 0.3 is 112 Å². The van der Waals surface area contributed by atoms with Crippen LogP contribution in [0.15, 0.2) is 53.0 Å². The van der Waals surface area contributed by atoms with E-state index < -0.39 is 12.2 Å². The van der Waals surface area contributed by atoms with Crippen molar-refractivity contribution in [3.8, 4) is 0 Å². The van der Waals surface area contributed by atoms with Crippen LogP contribution < -0.4 is 4.46 Å². The number of carbonyl (C=O) groups excluding carboxylic acids is 1. The van der Waals surface area contributed by atoms with Crippen LogP contribution >= 0.6 is 0 Å². The number of rotatable bonds is 4. The molecule has 1 N–H and O–H groups in total. The SMILES string of the molecule is C/C=C/[C@@H](O)[C@H]1C=C([Se]c2ccccc2)C(=O)O1. The fraction of sp³-hybridized carbons (Fsp3) is 0.214. The molecule has 0 saturated heterocycles. The summed E-state index contributed by atoms with van der Waals surface area (Å²) in [5.41, 5.74) is 0. The van der Waals surface area contributed by atoms with E-state index in [1.165, 1.54) is 0 Å². The van der Waals surface area contributed by atoms with E-state index in [-0.39, 0.29) is 20.9 Å². The van der Waals surface area contributed by atoms with Gasteiger partial charge in [0.15, 0.2) is 0 Å². The third-order valence-electron chi connectivity index (χ3n) is 2.46. The molecule has 2 atom stereocenters. The second-order valence-corrected chi connectivity index (χ2v) is 6.17. The van der Waals surface area contributed by atoms with E-state index in [1.807, 2.05) is 37.3 Å². The van der Waals surface area contributed by atoms with Crippen molar-refractivity contribution in [2.75, 3.05) is 0 Å². The average molecular weight is 309 g/mol. The number of esters is 1. The molecule has 1 aliphatic rings. The van der Waals surface area contributed by atoms with Gasteiger partial charge in [-0.3, -0.25) is 0 Å². The summed E-state index contributed by atoms with van der Waals surface area (Å²) in [6.07, 6.45) is 3.79. The summed E-state index contributed by atoms with van der Waals surface area (Å²) >= 11 is -0.0667. The summed E-state index contributed by atoms with van der Waals surface area (Å²) in [5.74, 6) is -0.313. The average Bonchev–Trinajstić information content (AvgIpc) is 2.73. The summed E-state index contributed by atoms with van der Waals surface area (Å²) in [5, 5.41) is 9.75. The van der Waals surface area contributed by atoms with Crippen molar-refractivity contribution >= 4 is 25.4 Å². The number of hydrogen-bond donors (Lipinski definition) is 1. The van der Waals surface area contributed by atoms with Gasteiger partial charge in [-0.25, -0.2) is 0 Å². The Labute approximate surface area is 112 Å². The van der Waals surface area contributed by atoms with Crippen molar-refractivity contribution in [3.63, 3.8) is 0 Å². The van der Waals surface area contributed by atoms with Crippen molar-refractivity contribution in [1.29, 1.82) is 0 Å². The number of aliphatic hydroxyl groups is 1. The van der Waals surface area contributed by atoms with Crippen LogP contribution in [0.1, 0.15) is 6.92 Å². The minimum absolute atomic E-state index is 0.0667. The van der Waals surface area contributed by atoms with Crippen molar-refractivity contribution in [3.05, 3.63) is 53.0 Å². The Bertz CT molecular complexity index is 479.